The van der Waals surface area contributed by atoms with Gasteiger partial charge in [0.2, 0.25) is 5.91 Å². The molecule has 0 aliphatic carbocycles. The SMILES string of the molecule is CC(C)(C)OC(=O)NC(C(=O)NCCN(C(=O)C(Cl)Cl)c1cccc(-c2cc(-c3c(Cl)cccc3Cl)no2)c1)c1ccccc1. The molecule has 45 heavy (non-hydrogen) atoms. The Bertz CT molecular complexity index is 1640. The van der Waals surface area contributed by atoms with E-state index in [1.807, 2.05) is 0 Å². The van der Waals surface area contributed by atoms with Gasteiger partial charge in [-0.3, -0.25) is 9.59 Å². The molecule has 3 amide bonds. The van der Waals surface area contributed by atoms with Gasteiger partial charge >= 0.3 is 6.09 Å². The molecule has 1 unspecified atom stereocenters. The Hall–Kier alpha value is -3.76. The van der Waals surface area contributed by atoms with Crippen molar-refractivity contribution in [2.45, 2.75) is 37.3 Å². The first-order valence-corrected chi connectivity index (χ1v) is 15.4. The Balaban J connectivity index is 1.52. The number of nitrogens with one attached hydrogen (secondary N) is 2. The maximum atomic E-state index is 13.3. The minimum atomic E-state index is -1.37. The summed E-state index contributed by atoms with van der Waals surface area (Å²) in [6.07, 6.45) is -0.750. The normalized spacial score (nSPS) is 12.0. The van der Waals surface area contributed by atoms with E-state index < -0.39 is 34.4 Å². The molecule has 1 atom stereocenters. The molecule has 0 bridgehead atoms. The van der Waals surface area contributed by atoms with Crippen molar-refractivity contribution in [1.82, 2.24) is 15.8 Å². The number of nitrogens with zero attached hydrogens (tertiary/aromatic N) is 2. The van der Waals surface area contributed by atoms with E-state index in [4.69, 9.17) is 55.7 Å². The molecule has 3 aromatic carbocycles. The number of carbonyl (C=O) groups excluding carboxylic acids is 3. The van der Waals surface area contributed by atoms with E-state index in [0.717, 1.165) is 0 Å². The van der Waals surface area contributed by atoms with E-state index in [2.05, 4.69) is 15.8 Å². The van der Waals surface area contributed by atoms with Crippen molar-refractivity contribution in [1.29, 1.82) is 0 Å². The summed E-state index contributed by atoms with van der Waals surface area (Å²) in [6.45, 7) is 5.19. The highest BCUT2D eigenvalue weighted by Gasteiger charge is 2.27. The fourth-order valence-corrected chi connectivity index (χ4v) is 5.17. The lowest BCUT2D eigenvalue weighted by molar-refractivity contribution is -0.123. The maximum Gasteiger partial charge on any atom is 0.408 e. The summed E-state index contributed by atoms with van der Waals surface area (Å²) in [5, 5.41) is 10.4. The molecule has 13 heteroatoms. The Morgan fingerprint density at radius 3 is 2.24 bits per heavy atom. The standard InChI is InChI=1S/C32H30Cl4N4O5/c1-32(2,3)44-31(43)38-27(19-9-5-4-6-10-19)29(41)37-15-16-40(30(42)28(35)36)21-12-7-11-20(17-21)25-18-24(39-45-25)26-22(33)13-8-14-23(26)34/h4-14,17-18,27-28H,15-16H2,1-3H3,(H,37,41)(H,38,43). The van der Waals surface area contributed by atoms with Gasteiger partial charge in [-0.05, 0) is 50.6 Å². The number of hydrogen-bond donors (Lipinski definition) is 2. The third-order valence-electron chi connectivity index (χ3n) is 6.31. The molecule has 1 aromatic heterocycles. The number of benzene rings is 3. The van der Waals surface area contributed by atoms with Crippen LogP contribution < -0.4 is 15.5 Å². The van der Waals surface area contributed by atoms with Gasteiger partial charge in [-0.15, -0.1) is 0 Å². The van der Waals surface area contributed by atoms with Gasteiger partial charge in [-0.1, -0.05) is 100 Å². The molecule has 4 aromatic rings. The molecule has 4 rings (SSSR count). The molecular formula is C32H30Cl4N4O5. The highest BCUT2D eigenvalue weighted by atomic mass is 35.5. The topological polar surface area (TPSA) is 114 Å². The van der Waals surface area contributed by atoms with Crippen LogP contribution in [0.25, 0.3) is 22.6 Å². The second-order valence-corrected chi connectivity index (χ2v) is 12.7. The molecule has 0 saturated carbocycles. The average molecular weight is 692 g/mol. The first kappa shape index (κ1) is 34.1. The number of alkyl halides is 2. The Morgan fingerprint density at radius 2 is 1.60 bits per heavy atom. The van der Waals surface area contributed by atoms with Crippen molar-refractivity contribution in [3.05, 3.63) is 94.5 Å². The third kappa shape index (κ3) is 9.14. The van der Waals surface area contributed by atoms with Gasteiger partial charge in [-0.2, -0.15) is 0 Å². The van der Waals surface area contributed by atoms with Crippen molar-refractivity contribution in [2.24, 2.45) is 0 Å². The van der Waals surface area contributed by atoms with E-state index >= 15 is 0 Å². The number of hydrogen-bond acceptors (Lipinski definition) is 6. The van der Waals surface area contributed by atoms with Crippen LogP contribution in [0.4, 0.5) is 10.5 Å². The lowest BCUT2D eigenvalue weighted by atomic mass is 10.1. The Kier molecular flexibility index (Phi) is 11.4. The number of carbonyl (C=O) groups is 3. The van der Waals surface area contributed by atoms with Crippen LogP contribution in [0.5, 0.6) is 0 Å². The van der Waals surface area contributed by atoms with Crippen molar-refractivity contribution in [3.63, 3.8) is 0 Å². The summed E-state index contributed by atoms with van der Waals surface area (Å²) in [6, 6.07) is 21.4. The molecule has 0 aliphatic heterocycles. The summed E-state index contributed by atoms with van der Waals surface area (Å²) in [5.41, 5.74) is 1.80. The molecule has 1 heterocycles. The Morgan fingerprint density at radius 1 is 0.933 bits per heavy atom. The first-order valence-electron chi connectivity index (χ1n) is 13.8. The minimum Gasteiger partial charge on any atom is -0.444 e. The molecule has 0 saturated heterocycles. The van der Waals surface area contributed by atoms with Crippen molar-refractivity contribution in [3.8, 4) is 22.6 Å². The molecule has 0 spiro atoms. The maximum absolute atomic E-state index is 13.3. The van der Waals surface area contributed by atoms with Crippen LogP contribution in [0.15, 0.2) is 83.4 Å². The number of halogens is 4. The summed E-state index contributed by atoms with van der Waals surface area (Å²) in [5.74, 6) is -0.706. The van der Waals surface area contributed by atoms with Gasteiger partial charge in [0.05, 0.1) is 10.0 Å². The summed E-state index contributed by atoms with van der Waals surface area (Å²) in [4.78, 5) is 38.9. The number of alkyl carbamates (subject to hydrolysis) is 1. The largest absolute Gasteiger partial charge is 0.444 e. The van der Waals surface area contributed by atoms with Crippen molar-refractivity contribution >= 4 is 70.0 Å². The number of rotatable bonds is 10. The highest BCUT2D eigenvalue weighted by molar-refractivity contribution is 6.54. The molecule has 0 radical (unpaired) electrons. The molecule has 2 N–H and O–H groups in total. The van der Waals surface area contributed by atoms with Gasteiger partial charge < -0.3 is 24.8 Å². The molecule has 0 aliphatic rings. The fraction of sp³-hybridized carbons (Fsp3) is 0.250. The van der Waals surface area contributed by atoms with E-state index in [9.17, 15) is 14.4 Å². The quantitative estimate of drug-likeness (QED) is 0.164. The van der Waals surface area contributed by atoms with Gasteiger partial charge in [0, 0.05) is 36.0 Å². The van der Waals surface area contributed by atoms with Crippen LogP contribution in [-0.2, 0) is 14.3 Å². The zero-order valence-electron chi connectivity index (χ0n) is 24.5. The van der Waals surface area contributed by atoms with Crippen LogP contribution in [0.3, 0.4) is 0 Å². The Labute approximate surface area is 280 Å². The van der Waals surface area contributed by atoms with Crippen LogP contribution in [0.2, 0.25) is 10.0 Å². The number of anilines is 1. The van der Waals surface area contributed by atoms with Crippen LogP contribution in [-0.4, -0.2) is 46.6 Å². The number of ether oxygens (including phenoxy) is 1. The zero-order valence-corrected chi connectivity index (χ0v) is 27.5. The van der Waals surface area contributed by atoms with E-state index in [1.54, 1.807) is 99.6 Å². The average Bonchev–Trinajstić information content (AvgIpc) is 3.47. The smallest absolute Gasteiger partial charge is 0.408 e. The first-order chi connectivity index (χ1) is 21.3. The molecule has 0 fully saturated rings. The van der Waals surface area contributed by atoms with E-state index in [-0.39, 0.29) is 13.1 Å². The third-order valence-corrected chi connectivity index (χ3v) is 7.32. The minimum absolute atomic E-state index is 0.00604. The summed E-state index contributed by atoms with van der Waals surface area (Å²) in [7, 11) is 0. The van der Waals surface area contributed by atoms with Crippen LogP contribution >= 0.6 is 46.4 Å². The monoisotopic (exact) mass is 690 g/mol. The summed E-state index contributed by atoms with van der Waals surface area (Å²) < 4.78 is 10.9. The van der Waals surface area contributed by atoms with Crippen molar-refractivity contribution in [2.75, 3.05) is 18.0 Å². The van der Waals surface area contributed by atoms with E-state index in [1.165, 1.54) is 4.90 Å². The van der Waals surface area contributed by atoms with Gasteiger partial charge in [0.15, 0.2) is 10.6 Å². The molecule has 9 nitrogen and oxygen atoms in total. The highest BCUT2D eigenvalue weighted by Crippen LogP contribution is 2.36. The van der Waals surface area contributed by atoms with Crippen LogP contribution in [0, 0.1) is 0 Å². The number of amides is 3. The van der Waals surface area contributed by atoms with Crippen LogP contribution in [0.1, 0.15) is 32.4 Å². The van der Waals surface area contributed by atoms with Gasteiger partial charge in [-0.25, -0.2) is 4.79 Å². The second-order valence-electron chi connectivity index (χ2n) is 10.8. The fourth-order valence-electron chi connectivity index (χ4n) is 4.35. The summed E-state index contributed by atoms with van der Waals surface area (Å²) >= 11 is 24.6. The second kappa shape index (κ2) is 15.0. The predicted molar refractivity (Wildman–Crippen MR) is 177 cm³/mol. The molecular weight excluding hydrogens is 662 g/mol. The molecule has 236 valence electrons. The predicted octanol–water partition coefficient (Wildman–Crippen LogP) is 7.83. The van der Waals surface area contributed by atoms with Gasteiger partial charge in [0.1, 0.15) is 17.3 Å². The van der Waals surface area contributed by atoms with E-state index in [0.29, 0.717) is 43.9 Å². The lowest BCUT2D eigenvalue weighted by Crippen LogP contribution is -2.45. The van der Waals surface area contributed by atoms with Gasteiger partial charge in [0.25, 0.3) is 5.91 Å². The van der Waals surface area contributed by atoms with Crippen molar-refractivity contribution < 1.29 is 23.6 Å². The zero-order chi connectivity index (χ0) is 32.7. The number of aromatic nitrogens is 1. The lowest BCUT2D eigenvalue weighted by Gasteiger charge is -2.26.